The Morgan fingerprint density at radius 3 is 1.89 bits per heavy atom. The molecule has 6 rings (SSSR count). The molecule has 56 heteroatoms. The number of aromatic nitrogens is 1. The van der Waals surface area contributed by atoms with Crippen molar-refractivity contribution in [2.75, 3.05) is 109 Å². The number of fused-ring (bicyclic) bond motifs is 3. The molecular formula is C87H138N26O27S3. The largest absolute Gasteiger partial charge is 0.394 e. The van der Waals surface area contributed by atoms with E-state index in [2.05, 4.69) is 105 Å². The summed E-state index contributed by atoms with van der Waals surface area (Å²) in [4.78, 5) is 286. The van der Waals surface area contributed by atoms with Gasteiger partial charge in [-0.05, 0) is 113 Å². The molecule has 4 fully saturated rings. The van der Waals surface area contributed by atoms with Gasteiger partial charge in [0.05, 0.1) is 84.0 Å². The second-order valence-corrected chi connectivity index (χ2v) is 39.1. The lowest BCUT2D eigenvalue weighted by Gasteiger charge is -2.31. The molecule has 1 aromatic heterocycles. The summed E-state index contributed by atoms with van der Waals surface area (Å²) in [5, 5.41) is 89.7. The summed E-state index contributed by atoms with van der Waals surface area (Å²) in [6, 6.07) is -17.7. The number of H-pyrrole nitrogens is 1. The van der Waals surface area contributed by atoms with Crippen LogP contribution >= 0.6 is 33.3 Å². The molecule has 21 amide bonds. The molecule has 2 aromatic rings. The first-order valence-electron chi connectivity index (χ1n) is 47.3. The Morgan fingerprint density at radius 2 is 1.22 bits per heavy atom. The molecule has 143 heavy (non-hydrogen) atoms. The molecule has 4 saturated heterocycles. The van der Waals surface area contributed by atoms with E-state index >= 15 is 4.79 Å². The van der Waals surface area contributed by atoms with E-state index in [1.165, 1.54) is 13.8 Å². The number of rotatable bonds is 47. The van der Waals surface area contributed by atoms with E-state index in [0.717, 1.165) is 30.4 Å². The van der Waals surface area contributed by atoms with E-state index < -0.39 is 273 Å². The summed E-state index contributed by atoms with van der Waals surface area (Å²) in [7, 11) is 1.39. The zero-order valence-corrected chi connectivity index (χ0v) is 82.9. The zero-order valence-electron chi connectivity index (χ0n) is 80.5. The Morgan fingerprint density at radius 1 is 0.594 bits per heavy atom. The Labute approximate surface area is 836 Å². The molecule has 0 radical (unpaired) electrons. The van der Waals surface area contributed by atoms with Crippen molar-refractivity contribution in [1.82, 2.24) is 100 Å². The number of ether oxygens (including phenoxy) is 3. The van der Waals surface area contributed by atoms with Crippen molar-refractivity contribution in [3.63, 3.8) is 0 Å². The summed E-state index contributed by atoms with van der Waals surface area (Å²) in [5.74, 6) is -22.3. The van der Waals surface area contributed by atoms with Crippen LogP contribution in [0.3, 0.4) is 0 Å². The van der Waals surface area contributed by atoms with Gasteiger partial charge in [-0.15, -0.1) is 0 Å². The molecule has 30 N–H and O–H groups in total. The number of unbranched alkanes of at least 4 members (excludes halogenated alkanes) is 3. The summed E-state index contributed by atoms with van der Waals surface area (Å²) >= 11 is 1.80. The predicted octanol–water partition coefficient (Wildman–Crippen LogP) is -8.30. The van der Waals surface area contributed by atoms with Crippen molar-refractivity contribution in [3.8, 4) is 0 Å². The quantitative estimate of drug-likeness (QED) is 0.00731. The monoisotopic (exact) mass is 2070 g/mol. The minimum absolute atomic E-state index is 0.0235. The van der Waals surface area contributed by atoms with Gasteiger partial charge in [0.15, 0.2) is 0 Å². The zero-order chi connectivity index (χ0) is 105. The van der Waals surface area contributed by atoms with Gasteiger partial charge in [-0.2, -0.15) is 11.8 Å². The number of carbonyl (C=O) groups is 20. The van der Waals surface area contributed by atoms with Crippen LogP contribution in [-0.2, 0) is 112 Å². The van der Waals surface area contributed by atoms with Crippen molar-refractivity contribution in [2.45, 2.75) is 252 Å². The maximum Gasteiger partial charge on any atom is 0.315 e. The van der Waals surface area contributed by atoms with E-state index in [-0.39, 0.29) is 146 Å². The Kier molecular flexibility index (Phi) is 52.9. The minimum atomic E-state index is -2.01. The number of urea groups is 1. The first-order valence-corrected chi connectivity index (χ1v) is 50.8. The SMILES string of the molecule is CC(C)C[C@@H]1NC(=O)[C@H](C(C)C)NC(=O)[C@H](CCC(N)=O)NC(=O)[C@@H](NC(=O)[C@H](CCCCN)NC(=O)COCCOCCOCCNC(=O)CCCC[C@@H]2SC[C@@H]3NC(=O)N[C@@H]32)CSSC[C@@H](C(=O)N[C@@H](CO)C(=O)N[C@@H](Cc2c[nH]c3ccccc23)C(N)=O)NC(=O)CNC(=O)[C@H](CO)NC(=O)[C@H]([C@@H](C)O)NC(=O)[C@@H]2CCCN2C(=O)[C@H](CC(N)=O)NC(=O)[C@H](CO)NC(=O)[C@H](CCCCN=[N+]=[N-])NC1=O. The second-order valence-electron chi connectivity index (χ2n) is 35.3. The molecule has 4 aliphatic heterocycles. The summed E-state index contributed by atoms with van der Waals surface area (Å²) in [6.07, 6.45) is 0.100. The lowest BCUT2D eigenvalue weighted by Crippen LogP contribution is -2.62. The van der Waals surface area contributed by atoms with Crippen LogP contribution in [0.1, 0.15) is 143 Å². The van der Waals surface area contributed by atoms with Crippen LogP contribution in [0.5, 0.6) is 0 Å². The number of benzene rings is 1. The van der Waals surface area contributed by atoms with E-state index in [1.54, 1.807) is 56.1 Å². The van der Waals surface area contributed by atoms with Gasteiger partial charge in [0.1, 0.15) is 91.2 Å². The molecule has 796 valence electrons. The molecule has 0 aliphatic carbocycles. The molecule has 5 heterocycles. The minimum Gasteiger partial charge on any atom is -0.394 e. The third-order valence-corrected chi connectivity index (χ3v) is 27.1. The van der Waals surface area contributed by atoms with Gasteiger partial charge in [-0.3, -0.25) is 91.1 Å². The molecule has 53 nitrogen and oxygen atoms in total. The van der Waals surface area contributed by atoms with E-state index in [1.807, 2.05) is 0 Å². The third-order valence-electron chi connectivity index (χ3n) is 23.2. The fraction of sp³-hybridized carbons (Fsp3) is 0.678. The number of primary amides is 3. The average Bonchev–Trinajstić information content (AvgIpc) is 1.64. The Balaban J connectivity index is 1.32. The molecule has 0 unspecified atom stereocenters. The number of nitrogens with one attached hydrogen (secondary N) is 18. The van der Waals surface area contributed by atoms with Gasteiger partial charge in [0, 0.05) is 83.4 Å². The third kappa shape index (κ3) is 41.3. The topological polar surface area (TPSA) is 826 Å². The van der Waals surface area contributed by atoms with Gasteiger partial charge in [0.25, 0.3) is 0 Å². The van der Waals surface area contributed by atoms with Crippen molar-refractivity contribution in [1.29, 1.82) is 0 Å². The molecule has 0 saturated carbocycles. The Bertz CT molecular complexity index is 4710. The van der Waals surface area contributed by atoms with E-state index in [4.69, 9.17) is 42.7 Å². The number of carbonyl (C=O) groups excluding carboxylic acids is 20. The summed E-state index contributed by atoms with van der Waals surface area (Å²) < 4.78 is 16.8. The van der Waals surface area contributed by atoms with Crippen LogP contribution < -0.4 is 113 Å². The highest BCUT2D eigenvalue weighted by Crippen LogP contribution is 2.34. The first kappa shape index (κ1) is 120. The van der Waals surface area contributed by atoms with Gasteiger partial charge in [-0.1, -0.05) is 85.4 Å². The van der Waals surface area contributed by atoms with Crippen LogP contribution in [0.2, 0.25) is 0 Å². The highest BCUT2D eigenvalue weighted by molar-refractivity contribution is 8.76. The van der Waals surface area contributed by atoms with Crippen LogP contribution in [0.15, 0.2) is 35.6 Å². The standard InChI is InChI=1S/C87H138N26O27S3/c1-45(2)33-55-78(128)99-52(18-11-13-25-96-112-92)76(126)104-59(40-116)80(130)103-56(35-66(90)119)86(136)113-27-14-19-63(113)83(133)110-71(47(5)117)85(135)106-57(38-114)74(124)95-37-68(121)98-61(81(131)105-58(39-115)79(129)101-54(73(91)123)34-48-36-94-50-16-7-6-15-49(48)50)43-142-143-44-62(82(132)100-53(22-23-65(89)118)77(127)109-70(46(3)4)84(134)102-55)107-75(125)51(17-10-12-24-88)97-69(122)41-140-32-31-139-30-29-138-28-26-93-67(120)21-9-8-20-64-72-60(42-141-64)108-87(137)111-72/h6-7,15-16,36,45-47,51-64,70-72,94,114-117H,8-14,17-35,37-44,88H2,1-5H3,(H2,89,118)(H2,90,119)(H2,91,123)(H,93,120)(H,95,124)(H,97,122)(H,98,121)(H,99,128)(H,100,132)(H,101,129)(H,102,134)(H,103,130)(H,104,126)(H,105,131)(H,106,135)(H,107,125)(H,109,127)(H,110,133)(H2,108,111,137)/t47-,51+,52+,53+,54+,55+,56+,57+,58+,59+,60+,61+,62+,63+,64+,70+,71+,72+/m1/s1. The maximum atomic E-state index is 15.2. The fourth-order valence-electron chi connectivity index (χ4n) is 15.6. The predicted molar refractivity (Wildman–Crippen MR) is 519 cm³/mol. The van der Waals surface area contributed by atoms with Crippen LogP contribution in [0.25, 0.3) is 21.3 Å². The number of amides is 21. The summed E-state index contributed by atoms with van der Waals surface area (Å²) in [5.41, 5.74) is 33.0. The van der Waals surface area contributed by atoms with Crippen molar-refractivity contribution in [3.05, 3.63) is 46.5 Å². The average molecular weight is 2080 g/mol. The lowest BCUT2D eigenvalue weighted by atomic mass is 9.98. The fourth-order valence-corrected chi connectivity index (χ4v) is 19.4. The molecule has 1 aromatic carbocycles. The van der Waals surface area contributed by atoms with Crippen molar-refractivity contribution in [2.24, 2.45) is 39.9 Å². The number of aliphatic hydroxyl groups excluding tert-OH is 4. The number of thioether (sulfide) groups is 1. The number of hydrogen-bond acceptors (Lipinski definition) is 32. The van der Waals surface area contributed by atoms with Crippen LogP contribution in [0, 0.1) is 11.8 Å². The van der Waals surface area contributed by atoms with Gasteiger partial charge in [-0.25, -0.2) is 4.79 Å². The van der Waals surface area contributed by atoms with Crippen LogP contribution in [0.4, 0.5) is 4.79 Å². The first-order chi connectivity index (χ1) is 68.2. The molecular weight excluding hydrogens is 1940 g/mol. The Hall–Kier alpha value is -12.0. The number of para-hydroxylation sites is 1. The van der Waals surface area contributed by atoms with E-state index in [9.17, 15) is 112 Å². The van der Waals surface area contributed by atoms with Gasteiger partial charge in [0.2, 0.25) is 112 Å². The summed E-state index contributed by atoms with van der Waals surface area (Å²) in [6.45, 7) is 2.33. The van der Waals surface area contributed by atoms with Crippen molar-refractivity contribution >= 4 is 163 Å². The molecule has 0 spiro atoms. The number of nitrogens with zero attached hydrogens (tertiary/aromatic N) is 4. The highest BCUT2D eigenvalue weighted by atomic mass is 33.1. The maximum absolute atomic E-state index is 15.2. The highest BCUT2D eigenvalue weighted by Gasteiger charge is 2.45. The number of aliphatic hydroxyl groups is 4. The second kappa shape index (κ2) is 63.2. The number of nitrogens with two attached hydrogens (primary N) is 4. The lowest BCUT2D eigenvalue weighted by molar-refractivity contribution is -0.144. The van der Waals surface area contributed by atoms with Gasteiger partial charge < -0.3 is 158 Å². The van der Waals surface area contributed by atoms with Crippen molar-refractivity contribution < 1.29 is 131 Å². The molecule has 4 aliphatic rings. The van der Waals surface area contributed by atoms with Crippen LogP contribution in [-0.4, -0.2) is 366 Å². The van der Waals surface area contributed by atoms with E-state index in [0.29, 0.717) is 57.3 Å². The van der Waals surface area contributed by atoms with Gasteiger partial charge >= 0.3 is 6.03 Å². The number of aromatic amines is 1. The number of azide groups is 1. The molecule has 18 atom stereocenters. The smallest absolute Gasteiger partial charge is 0.315 e. The molecule has 0 bridgehead atoms. The number of hydrogen-bond donors (Lipinski definition) is 26. The normalized spacial score (nSPS) is 23.9.